The molecular weight excluding hydrogens is 430 g/mol. The number of rotatable bonds is 5. The number of aliphatic hydroxyl groups excluding tert-OH is 1. The van der Waals surface area contributed by atoms with Crippen LogP contribution in [0.15, 0.2) is 18.3 Å². The molecule has 0 amide bonds. The van der Waals surface area contributed by atoms with E-state index in [0.29, 0.717) is 54.7 Å². The fraction of sp³-hybridized carbons (Fsp3) is 0.522. The molecule has 2 aliphatic rings. The molecule has 3 aromatic rings. The lowest BCUT2D eigenvalue weighted by molar-refractivity contribution is 0.0903. The Balaban J connectivity index is 1.54. The van der Waals surface area contributed by atoms with Gasteiger partial charge >= 0.3 is 0 Å². The zero-order valence-corrected chi connectivity index (χ0v) is 18.5. The number of aliphatic hydroxyl groups is 1. The Hall–Kier alpha value is -2.85. The average molecular weight is 459 g/mol. The number of imidazole rings is 1. The van der Waals surface area contributed by atoms with Gasteiger partial charge in [-0.1, -0.05) is 0 Å². The second-order valence-corrected chi connectivity index (χ2v) is 8.91. The van der Waals surface area contributed by atoms with Crippen LogP contribution in [0.5, 0.6) is 0 Å². The predicted octanol–water partition coefficient (Wildman–Crippen LogP) is 4.22. The molecule has 2 fully saturated rings. The van der Waals surface area contributed by atoms with Crippen molar-refractivity contribution >= 4 is 28.7 Å². The van der Waals surface area contributed by atoms with Crippen LogP contribution in [0.2, 0.25) is 0 Å². The molecule has 10 heteroatoms. The summed E-state index contributed by atoms with van der Waals surface area (Å²) in [5, 5.41) is 16.5. The number of hydrogen-bond acceptors (Lipinski definition) is 7. The van der Waals surface area contributed by atoms with Crippen LogP contribution in [0.25, 0.3) is 11.2 Å². The summed E-state index contributed by atoms with van der Waals surface area (Å²) in [5.41, 5.74) is 1.85. The van der Waals surface area contributed by atoms with Crippen LogP contribution in [0, 0.1) is 18.6 Å². The second-order valence-electron chi connectivity index (χ2n) is 8.91. The van der Waals surface area contributed by atoms with Crippen molar-refractivity contribution in [3.05, 3.63) is 35.5 Å². The van der Waals surface area contributed by atoms with Crippen molar-refractivity contribution in [3.63, 3.8) is 0 Å². The lowest BCUT2D eigenvalue weighted by atomic mass is 9.93. The predicted molar refractivity (Wildman–Crippen MR) is 121 cm³/mol. The summed E-state index contributed by atoms with van der Waals surface area (Å²) in [5.74, 6) is -0.363. The molecule has 0 atom stereocenters. The Morgan fingerprint density at radius 1 is 1.06 bits per heavy atom. The molecule has 1 aliphatic heterocycles. The first-order chi connectivity index (χ1) is 16.0. The van der Waals surface area contributed by atoms with Gasteiger partial charge in [0.1, 0.15) is 17.2 Å². The van der Waals surface area contributed by atoms with Crippen molar-refractivity contribution in [3.8, 4) is 0 Å². The van der Waals surface area contributed by atoms with Crippen LogP contribution < -0.4 is 10.6 Å². The molecule has 5 rings (SSSR count). The van der Waals surface area contributed by atoms with E-state index in [1.807, 2.05) is 4.57 Å². The molecule has 1 saturated carbocycles. The first-order valence-electron chi connectivity index (χ1n) is 11.5. The maximum absolute atomic E-state index is 14.6. The molecule has 1 aliphatic carbocycles. The monoisotopic (exact) mass is 458 g/mol. The number of anilines is 3. The Kier molecular flexibility index (Phi) is 6.11. The summed E-state index contributed by atoms with van der Waals surface area (Å²) in [4.78, 5) is 13.9. The van der Waals surface area contributed by atoms with Gasteiger partial charge in [-0.05, 0) is 57.1 Å². The minimum absolute atomic E-state index is 0.0375. The fourth-order valence-electron chi connectivity index (χ4n) is 4.71. The van der Waals surface area contributed by atoms with Crippen molar-refractivity contribution in [1.29, 1.82) is 0 Å². The van der Waals surface area contributed by atoms with Crippen LogP contribution in [0.1, 0.15) is 50.1 Å². The van der Waals surface area contributed by atoms with E-state index in [1.54, 1.807) is 13.1 Å². The van der Waals surface area contributed by atoms with Gasteiger partial charge in [0.15, 0.2) is 5.65 Å². The normalized spacial score (nSPS) is 21.9. The van der Waals surface area contributed by atoms with Gasteiger partial charge in [-0.3, -0.25) is 4.57 Å². The highest BCUT2D eigenvalue weighted by Crippen LogP contribution is 2.36. The summed E-state index contributed by atoms with van der Waals surface area (Å²) in [6, 6.07) is 2.42. The third-order valence-electron chi connectivity index (χ3n) is 6.51. The summed E-state index contributed by atoms with van der Waals surface area (Å²) < 4.78 is 35.6. The molecule has 33 heavy (non-hydrogen) atoms. The van der Waals surface area contributed by atoms with Gasteiger partial charge in [0, 0.05) is 31.4 Å². The minimum atomic E-state index is -0.682. The van der Waals surface area contributed by atoms with Crippen LogP contribution in [0.3, 0.4) is 0 Å². The molecule has 1 saturated heterocycles. The van der Waals surface area contributed by atoms with Gasteiger partial charge in [0.25, 0.3) is 0 Å². The van der Waals surface area contributed by atoms with Crippen LogP contribution in [0.4, 0.5) is 26.4 Å². The number of aryl methyl sites for hydroxylation is 1. The number of ether oxygens (including phenoxy) is 1. The third-order valence-corrected chi connectivity index (χ3v) is 6.51. The number of aromatic nitrogens is 4. The lowest BCUT2D eigenvalue weighted by Crippen LogP contribution is -2.28. The third kappa shape index (κ3) is 4.63. The highest BCUT2D eigenvalue weighted by molar-refractivity contribution is 5.77. The number of benzene rings is 1. The maximum atomic E-state index is 14.6. The standard InChI is InChI=1S/C23H28F2N6O2/c1-13-10-14(24)11-18(25)20(13)29-23-28-19-12-26-22(27-15-6-8-33-9-7-15)30-21(19)31(23)16-2-4-17(32)5-3-16/h10-12,15-17,32H,2-9H2,1H3,(H,28,29)(H,26,27,30). The van der Waals surface area contributed by atoms with E-state index in [-0.39, 0.29) is 23.9 Å². The summed E-state index contributed by atoms with van der Waals surface area (Å²) in [6.07, 6.45) is 5.96. The van der Waals surface area contributed by atoms with Crippen molar-refractivity contribution in [2.45, 2.75) is 63.6 Å². The SMILES string of the molecule is Cc1cc(F)cc(F)c1Nc1nc2cnc(NC3CCOCC3)nc2n1C1CCC(O)CC1. The highest BCUT2D eigenvalue weighted by atomic mass is 19.1. The van der Waals surface area contributed by atoms with E-state index in [2.05, 4.69) is 20.6 Å². The molecular formula is C23H28F2N6O2. The van der Waals surface area contributed by atoms with E-state index < -0.39 is 11.6 Å². The zero-order chi connectivity index (χ0) is 22.9. The Bertz CT molecular complexity index is 1120. The molecule has 3 N–H and O–H groups in total. The smallest absolute Gasteiger partial charge is 0.224 e. The van der Waals surface area contributed by atoms with Gasteiger partial charge in [0.05, 0.1) is 18.0 Å². The topological polar surface area (TPSA) is 97.1 Å². The molecule has 176 valence electrons. The number of halogens is 2. The number of nitrogens with zero attached hydrogens (tertiary/aromatic N) is 4. The van der Waals surface area contributed by atoms with Crippen LogP contribution in [-0.4, -0.2) is 50.0 Å². The largest absolute Gasteiger partial charge is 0.393 e. The summed E-state index contributed by atoms with van der Waals surface area (Å²) in [7, 11) is 0. The Morgan fingerprint density at radius 3 is 2.55 bits per heavy atom. The zero-order valence-electron chi connectivity index (χ0n) is 18.5. The first kappa shape index (κ1) is 22.0. The summed E-state index contributed by atoms with van der Waals surface area (Å²) in [6.45, 7) is 3.06. The molecule has 0 unspecified atom stereocenters. The summed E-state index contributed by atoms with van der Waals surface area (Å²) >= 11 is 0. The molecule has 2 aromatic heterocycles. The van der Waals surface area contributed by atoms with E-state index in [4.69, 9.17) is 9.72 Å². The molecule has 0 spiro atoms. The van der Waals surface area contributed by atoms with Crippen LogP contribution >= 0.6 is 0 Å². The fourth-order valence-corrected chi connectivity index (χ4v) is 4.71. The molecule has 3 heterocycles. The molecule has 1 aromatic carbocycles. The van der Waals surface area contributed by atoms with Crippen LogP contribution in [-0.2, 0) is 4.74 Å². The molecule has 0 radical (unpaired) electrons. The van der Waals surface area contributed by atoms with E-state index >= 15 is 0 Å². The van der Waals surface area contributed by atoms with E-state index in [9.17, 15) is 13.9 Å². The van der Waals surface area contributed by atoms with Gasteiger partial charge in [0.2, 0.25) is 11.9 Å². The van der Waals surface area contributed by atoms with Crippen molar-refractivity contribution in [2.75, 3.05) is 23.8 Å². The Labute approximate surface area is 190 Å². The lowest BCUT2D eigenvalue weighted by Gasteiger charge is -2.28. The Morgan fingerprint density at radius 2 is 1.82 bits per heavy atom. The quantitative estimate of drug-likeness (QED) is 0.527. The number of fused-ring (bicyclic) bond motifs is 1. The molecule has 8 nitrogen and oxygen atoms in total. The van der Waals surface area contributed by atoms with Gasteiger partial charge in [-0.25, -0.2) is 18.7 Å². The maximum Gasteiger partial charge on any atom is 0.224 e. The molecule has 0 bridgehead atoms. The number of nitrogens with one attached hydrogen (secondary N) is 2. The second kappa shape index (κ2) is 9.18. The van der Waals surface area contributed by atoms with Crippen molar-refractivity contribution in [2.24, 2.45) is 0 Å². The van der Waals surface area contributed by atoms with Crippen molar-refractivity contribution < 1.29 is 18.6 Å². The van der Waals surface area contributed by atoms with Gasteiger partial charge in [-0.15, -0.1) is 0 Å². The minimum Gasteiger partial charge on any atom is -0.393 e. The van der Waals surface area contributed by atoms with Gasteiger partial charge < -0.3 is 20.5 Å². The first-order valence-corrected chi connectivity index (χ1v) is 11.5. The van der Waals surface area contributed by atoms with Crippen molar-refractivity contribution in [1.82, 2.24) is 19.5 Å². The highest BCUT2D eigenvalue weighted by Gasteiger charge is 2.27. The average Bonchev–Trinajstić information content (AvgIpc) is 3.15. The van der Waals surface area contributed by atoms with Gasteiger partial charge in [-0.2, -0.15) is 4.98 Å². The van der Waals surface area contributed by atoms with E-state index in [1.165, 1.54) is 6.07 Å². The van der Waals surface area contributed by atoms with E-state index in [0.717, 1.165) is 31.7 Å². The number of hydrogen-bond donors (Lipinski definition) is 3.